The fourth-order valence-corrected chi connectivity index (χ4v) is 6.24. The summed E-state index contributed by atoms with van der Waals surface area (Å²) in [5.74, 6) is 3.00. The highest BCUT2D eigenvalue weighted by Crippen LogP contribution is 2.31. The summed E-state index contributed by atoms with van der Waals surface area (Å²) in [6.07, 6.45) is 6.80. The molecule has 0 bridgehead atoms. The van der Waals surface area contributed by atoms with Crippen molar-refractivity contribution in [1.82, 2.24) is 25.2 Å². The summed E-state index contributed by atoms with van der Waals surface area (Å²) in [6.45, 7) is 4.35. The lowest BCUT2D eigenvalue weighted by molar-refractivity contribution is 0.275. The molecule has 7 rings (SSSR count). The molecule has 0 amide bonds. The third kappa shape index (κ3) is 7.52. The lowest BCUT2D eigenvalue weighted by atomic mass is 10.1. The van der Waals surface area contributed by atoms with Gasteiger partial charge in [0.1, 0.15) is 24.7 Å². The zero-order valence-corrected chi connectivity index (χ0v) is 29.0. The molecule has 3 aromatic carbocycles. The number of rotatable bonds is 13. The molecule has 0 spiro atoms. The SMILES string of the molecule is CCc1nc(C=Cc2cn(-c3ccccc3)nc2OCc2ccc(OCc3nc(-c4cccc(C5=NS(=O)ON5)c4)oc3C)c(OC)c2)cs1. The zero-order chi connectivity index (χ0) is 34.5. The number of para-hydroxylation sites is 1. The van der Waals surface area contributed by atoms with Crippen molar-refractivity contribution in [1.29, 1.82) is 0 Å². The molecule has 0 radical (unpaired) electrons. The summed E-state index contributed by atoms with van der Waals surface area (Å²) >= 11 is -0.108. The first kappa shape index (κ1) is 33.0. The van der Waals surface area contributed by atoms with Crippen LogP contribution in [0.3, 0.4) is 0 Å². The van der Waals surface area contributed by atoms with E-state index in [1.165, 1.54) is 0 Å². The summed E-state index contributed by atoms with van der Waals surface area (Å²) in [5, 5.41) is 7.88. The van der Waals surface area contributed by atoms with E-state index in [0.717, 1.165) is 39.5 Å². The van der Waals surface area contributed by atoms with E-state index in [1.807, 2.05) is 103 Å². The molecule has 1 N–H and O–H groups in total. The van der Waals surface area contributed by atoms with Crippen molar-refractivity contribution in [3.05, 3.63) is 123 Å². The fraction of sp³-hybridized carbons (Fsp3) is 0.167. The largest absolute Gasteiger partial charge is 0.493 e. The number of thiazole rings is 1. The molecule has 1 aliphatic rings. The van der Waals surface area contributed by atoms with E-state index in [0.29, 0.717) is 46.1 Å². The number of hydrogen-bond donors (Lipinski definition) is 1. The predicted octanol–water partition coefficient (Wildman–Crippen LogP) is 7.05. The summed E-state index contributed by atoms with van der Waals surface area (Å²) in [6, 6.07) is 22.9. The Hall–Kier alpha value is -5.57. The minimum atomic E-state index is -1.76. The number of hydroxylamine groups is 1. The summed E-state index contributed by atoms with van der Waals surface area (Å²) in [5.41, 5.74) is 8.14. The van der Waals surface area contributed by atoms with Gasteiger partial charge in [-0.15, -0.1) is 20.8 Å². The van der Waals surface area contributed by atoms with E-state index in [-0.39, 0.29) is 13.2 Å². The molecule has 12 nitrogen and oxygen atoms in total. The molecule has 0 fully saturated rings. The first-order valence-corrected chi connectivity index (χ1v) is 17.6. The van der Waals surface area contributed by atoms with Crippen LogP contribution in [0, 0.1) is 6.92 Å². The second-order valence-corrected chi connectivity index (χ2v) is 12.8. The van der Waals surface area contributed by atoms with Crippen molar-refractivity contribution in [2.45, 2.75) is 33.5 Å². The van der Waals surface area contributed by atoms with Gasteiger partial charge in [0.25, 0.3) is 0 Å². The van der Waals surface area contributed by atoms with Crippen LogP contribution in [0.5, 0.6) is 17.4 Å². The Kier molecular flexibility index (Phi) is 9.82. The molecule has 0 saturated carbocycles. The Morgan fingerprint density at radius 2 is 1.82 bits per heavy atom. The van der Waals surface area contributed by atoms with Crippen molar-refractivity contribution in [2.24, 2.45) is 4.40 Å². The van der Waals surface area contributed by atoms with Crippen LogP contribution in [0.2, 0.25) is 0 Å². The molecule has 0 saturated heterocycles. The number of ether oxygens (including phenoxy) is 3. The van der Waals surface area contributed by atoms with Crippen LogP contribution in [0.4, 0.5) is 0 Å². The number of nitrogens with one attached hydrogen (secondary N) is 1. The van der Waals surface area contributed by atoms with E-state index >= 15 is 0 Å². The van der Waals surface area contributed by atoms with Gasteiger partial charge in [0.05, 0.1) is 29.1 Å². The number of hydrogen-bond acceptors (Lipinski definition) is 11. The van der Waals surface area contributed by atoms with Gasteiger partial charge in [-0.3, -0.25) is 0 Å². The topological polar surface area (TPSA) is 135 Å². The Morgan fingerprint density at radius 1 is 0.960 bits per heavy atom. The standard InChI is InChI=1S/C36H32N6O6S2/c1-4-33-37-28(22-49-33)15-14-27-19-42(29-11-6-5-7-12-29)39-36(27)46-20-24-13-16-31(32(17-24)44-3)45-21-30-23(2)47-35(38-30)26-10-8-9-25(18-26)34-40-48-50(43)41-34/h5-19,22H,4,20-21H2,1-3H3,(H,40,41). The van der Waals surface area contributed by atoms with E-state index in [9.17, 15) is 4.21 Å². The molecular weight excluding hydrogens is 677 g/mol. The van der Waals surface area contributed by atoms with Gasteiger partial charge in [0, 0.05) is 22.7 Å². The van der Waals surface area contributed by atoms with Gasteiger partial charge < -0.3 is 18.6 Å². The van der Waals surface area contributed by atoms with E-state index in [1.54, 1.807) is 23.1 Å². The molecular formula is C36H32N6O6S2. The normalized spacial score (nSPS) is 14.1. The van der Waals surface area contributed by atoms with Gasteiger partial charge in [0.2, 0.25) is 11.8 Å². The minimum absolute atomic E-state index is 0.160. The third-order valence-corrected chi connectivity index (χ3v) is 9.22. The van der Waals surface area contributed by atoms with Crippen LogP contribution in [-0.4, -0.2) is 36.9 Å². The average molecular weight is 709 g/mol. The molecule has 50 heavy (non-hydrogen) atoms. The van der Waals surface area contributed by atoms with Crippen molar-refractivity contribution >= 4 is 40.6 Å². The number of nitrogens with zero attached hydrogens (tertiary/aromatic N) is 5. The van der Waals surface area contributed by atoms with Crippen LogP contribution in [0.15, 0.2) is 93.2 Å². The predicted molar refractivity (Wildman–Crippen MR) is 191 cm³/mol. The lowest BCUT2D eigenvalue weighted by Gasteiger charge is -2.12. The van der Waals surface area contributed by atoms with Gasteiger partial charge in [-0.1, -0.05) is 43.3 Å². The Balaban J connectivity index is 1.04. The highest BCUT2D eigenvalue weighted by Gasteiger charge is 2.18. The highest BCUT2D eigenvalue weighted by molar-refractivity contribution is 7.79. The number of oxazole rings is 1. The van der Waals surface area contributed by atoms with Crippen LogP contribution in [0.1, 0.15) is 45.8 Å². The minimum Gasteiger partial charge on any atom is -0.493 e. The maximum atomic E-state index is 11.5. The van der Waals surface area contributed by atoms with E-state index in [2.05, 4.69) is 26.8 Å². The van der Waals surface area contributed by atoms with Crippen LogP contribution in [0.25, 0.3) is 29.3 Å². The molecule has 4 heterocycles. The monoisotopic (exact) mass is 708 g/mol. The maximum absolute atomic E-state index is 11.5. The summed E-state index contributed by atoms with van der Waals surface area (Å²) < 4.78 is 46.0. The molecule has 0 aliphatic carbocycles. The second-order valence-electron chi connectivity index (χ2n) is 11.0. The molecule has 254 valence electrons. The third-order valence-electron chi connectivity index (χ3n) is 7.65. The van der Waals surface area contributed by atoms with E-state index < -0.39 is 11.3 Å². The fourth-order valence-electron chi connectivity index (χ4n) is 5.05. The number of aryl methyl sites for hydroxylation is 2. The molecule has 1 atom stereocenters. The number of aromatic nitrogens is 4. The summed E-state index contributed by atoms with van der Waals surface area (Å²) in [7, 11) is 1.59. The smallest absolute Gasteiger partial charge is 0.309 e. The number of methoxy groups -OCH3 is 1. The number of benzene rings is 3. The molecule has 14 heteroatoms. The van der Waals surface area contributed by atoms with Gasteiger partial charge in [-0.2, -0.15) is 4.28 Å². The van der Waals surface area contributed by atoms with Gasteiger partial charge in [-0.05, 0) is 67.5 Å². The summed E-state index contributed by atoms with van der Waals surface area (Å²) in [4.78, 5) is 9.31. The quantitative estimate of drug-likeness (QED) is 0.133. The average Bonchev–Trinajstić information content (AvgIpc) is 3.97. The molecule has 6 aromatic rings. The van der Waals surface area contributed by atoms with Gasteiger partial charge >= 0.3 is 11.3 Å². The van der Waals surface area contributed by atoms with Gasteiger partial charge in [-0.25, -0.2) is 24.3 Å². The van der Waals surface area contributed by atoms with Crippen LogP contribution >= 0.6 is 11.3 Å². The Morgan fingerprint density at radius 3 is 2.60 bits per heavy atom. The Bertz CT molecular complexity index is 2210. The number of amidine groups is 1. The first-order valence-electron chi connectivity index (χ1n) is 15.7. The molecule has 3 aromatic heterocycles. The van der Waals surface area contributed by atoms with Crippen molar-refractivity contribution < 1.29 is 27.1 Å². The maximum Gasteiger partial charge on any atom is 0.309 e. The molecule has 1 unspecified atom stereocenters. The van der Waals surface area contributed by atoms with Crippen molar-refractivity contribution in [2.75, 3.05) is 7.11 Å². The van der Waals surface area contributed by atoms with Crippen molar-refractivity contribution in [3.8, 4) is 34.5 Å². The molecule has 1 aliphatic heterocycles. The lowest BCUT2D eigenvalue weighted by Crippen LogP contribution is -2.17. The first-order chi connectivity index (χ1) is 24.4. The van der Waals surface area contributed by atoms with Gasteiger partial charge in [0.15, 0.2) is 17.3 Å². The van der Waals surface area contributed by atoms with Crippen LogP contribution in [-0.2, 0) is 35.2 Å². The van der Waals surface area contributed by atoms with Crippen LogP contribution < -0.4 is 19.7 Å². The Labute approximate surface area is 294 Å². The second kappa shape index (κ2) is 14.9. The highest BCUT2D eigenvalue weighted by atomic mass is 32.2. The zero-order valence-electron chi connectivity index (χ0n) is 27.4. The van der Waals surface area contributed by atoms with Crippen molar-refractivity contribution in [3.63, 3.8) is 0 Å². The van der Waals surface area contributed by atoms with E-state index in [4.69, 9.17) is 28.0 Å².